The molecule has 0 saturated carbocycles. The summed E-state index contributed by atoms with van der Waals surface area (Å²) in [4.78, 5) is 6.61. The van der Waals surface area contributed by atoms with Crippen molar-refractivity contribution in [2.24, 2.45) is 0 Å². The van der Waals surface area contributed by atoms with Crippen LogP contribution in [0.2, 0.25) is 0 Å². The van der Waals surface area contributed by atoms with Crippen LogP contribution in [0.15, 0.2) is 18.3 Å². The largest absolute Gasteiger partial charge is 0.369 e. The fourth-order valence-corrected chi connectivity index (χ4v) is 2.38. The van der Waals surface area contributed by atoms with Gasteiger partial charge in [0.25, 0.3) is 0 Å². The molecule has 1 fully saturated rings. The van der Waals surface area contributed by atoms with Gasteiger partial charge in [-0.25, -0.2) is 0 Å². The van der Waals surface area contributed by atoms with Gasteiger partial charge in [-0.2, -0.15) is 0 Å². The van der Waals surface area contributed by atoms with Crippen molar-refractivity contribution in [2.45, 2.75) is 39.4 Å². The molecule has 0 spiro atoms. The first-order chi connectivity index (χ1) is 7.46. The highest BCUT2D eigenvalue weighted by atomic mass is 16.5. The molecular formula is C13H20N2O. The van der Waals surface area contributed by atoms with Crippen molar-refractivity contribution in [3.8, 4) is 0 Å². The van der Waals surface area contributed by atoms with Crippen molar-refractivity contribution >= 4 is 5.69 Å². The van der Waals surface area contributed by atoms with Crippen LogP contribution >= 0.6 is 0 Å². The van der Waals surface area contributed by atoms with Crippen molar-refractivity contribution in [3.05, 3.63) is 24.0 Å². The zero-order valence-corrected chi connectivity index (χ0v) is 10.5. The first-order valence-corrected chi connectivity index (χ1v) is 5.82. The third kappa shape index (κ3) is 2.53. The number of aromatic nitrogens is 1. The second kappa shape index (κ2) is 4.06. The number of pyridine rings is 1. The zero-order chi connectivity index (χ0) is 11.8. The van der Waals surface area contributed by atoms with Crippen LogP contribution in [-0.2, 0) is 4.74 Å². The smallest absolute Gasteiger partial charge is 0.0805 e. The Morgan fingerprint density at radius 1 is 1.50 bits per heavy atom. The van der Waals surface area contributed by atoms with Crippen molar-refractivity contribution in [3.63, 3.8) is 0 Å². The van der Waals surface area contributed by atoms with Gasteiger partial charge in [-0.05, 0) is 39.8 Å². The average Bonchev–Trinajstić information content (AvgIpc) is 2.14. The molecule has 2 heterocycles. The van der Waals surface area contributed by atoms with Crippen LogP contribution in [0.3, 0.4) is 0 Å². The zero-order valence-electron chi connectivity index (χ0n) is 10.5. The van der Waals surface area contributed by atoms with E-state index >= 15 is 0 Å². The van der Waals surface area contributed by atoms with Crippen LogP contribution in [0.1, 0.15) is 26.5 Å². The molecule has 16 heavy (non-hydrogen) atoms. The maximum absolute atomic E-state index is 5.90. The standard InChI is InChI=1S/C13H20N2O/c1-10-7-12(5-6-14-10)15-8-11(2)16-13(3,4)9-15/h5-7,11H,8-9H2,1-4H3. The lowest BCUT2D eigenvalue weighted by molar-refractivity contribution is -0.0749. The van der Waals surface area contributed by atoms with Gasteiger partial charge in [0.05, 0.1) is 11.7 Å². The van der Waals surface area contributed by atoms with E-state index in [1.807, 2.05) is 13.1 Å². The molecule has 3 heteroatoms. The molecule has 1 aromatic rings. The van der Waals surface area contributed by atoms with Gasteiger partial charge in [-0.3, -0.25) is 4.98 Å². The van der Waals surface area contributed by atoms with E-state index < -0.39 is 0 Å². The third-order valence-electron chi connectivity index (χ3n) is 2.81. The highest BCUT2D eigenvalue weighted by Crippen LogP contribution is 2.25. The van der Waals surface area contributed by atoms with Crippen LogP contribution < -0.4 is 4.90 Å². The topological polar surface area (TPSA) is 25.4 Å². The fraction of sp³-hybridized carbons (Fsp3) is 0.615. The van der Waals surface area contributed by atoms with Gasteiger partial charge >= 0.3 is 0 Å². The highest BCUT2D eigenvalue weighted by Gasteiger charge is 2.31. The minimum absolute atomic E-state index is 0.0746. The Hall–Kier alpha value is -1.09. The van der Waals surface area contributed by atoms with E-state index in [0.717, 1.165) is 18.8 Å². The van der Waals surface area contributed by atoms with Crippen LogP contribution in [0.5, 0.6) is 0 Å². The lowest BCUT2D eigenvalue weighted by atomic mass is 10.0. The minimum Gasteiger partial charge on any atom is -0.369 e. The summed E-state index contributed by atoms with van der Waals surface area (Å²) < 4.78 is 5.90. The predicted octanol–water partition coefficient (Wildman–Crippen LogP) is 2.39. The third-order valence-corrected chi connectivity index (χ3v) is 2.81. The number of morpholine rings is 1. The molecule has 1 aliphatic rings. The average molecular weight is 220 g/mol. The first-order valence-electron chi connectivity index (χ1n) is 5.82. The maximum Gasteiger partial charge on any atom is 0.0805 e. The van der Waals surface area contributed by atoms with Crippen LogP contribution in [0, 0.1) is 6.92 Å². The number of rotatable bonds is 1. The Morgan fingerprint density at radius 3 is 2.88 bits per heavy atom. The van der Waals surface area contributed by atoms with E-state index in [-0.39, 0.29) is 11.7 Å². The number of anilines is 1. The van der Waals surface area contributed by atoms with Gasteiger partial charge in [0, 0.05) is 30.7 Å². The molecule has 0 N–H and O–H groups in total. The van der Waals surface area contributed by atoms with Crippen molar-refractivity contribution in [2.75, 3.05) is 18.0 Å². The molecule has 3 nitrogen and oxygen atoms in total. The van der Waals surface area contributed by atoms with Gasteiger partial charge in [-0.15, -0.1) is 0 Å². The first kappa shape index (κ1) is 11.4. The molecule has 0 bridgehead atoms. The molecule has 1 atom stereocenters. The Labute approximate surface area is 97.4 Å². The molecule has 88 valence electrons. The molecule has 1 unspecified atom stereocenters. The highest BCUT2D eigenvalue weighted by molar-refractivity contribution is 5.47. The van der Waals surface area contributed by atoms with Gasteiger partial charge in [0.15, 0.2) is 0 Å². The maximum atomic E-state index is 5.90. The van der Waals surface area contributed by atoms with Crippen molar-refractivity contribution in [1.29, 1.82) is 0 Å². The summed E-state index contributed by atoms with van der Waals surface area (Å²) in [6, 6.07) is 4.20. The lowest BCUT2D eigenvalue weighted by Crippen LogP contribution is -2.52. The molecule has 2 rings (SSSR count). The van der Waals surface area contributed by atoms with Gasteiger partial charge in [-0.1, -0.05) is 0 Å². The van der Waals surface area contributed by atoms with E-state index in [0.29, 0.717) is 0 Å². The van der Waals surface area contributed by atoms with E-state index in [4.69, 9.17) is 4.74 Å². The second-order valence-corrected chi connectivity index (χ2v) is 5.22. The van der Waals surface area contributed by atoms with E-state index in [1.54, 1.807) is 0 Å². The summed E-state index contributed by atoms with van der Waals surface area (Å²) in [6.07, 6.45) is 2.15. The lowest BCUT2D eigenvalue weighted by Gasteiger charge is -2.42. The normalized spacial score (nSPS) is 24.5. The summed E-state index contributed by atoms with van der Waals surface area (Å²) in [5.74, 6) is 0. The Kier molecular flexibility index (Phi) is 2.89. The van der Waals surface area contributed by atoms with Crippen molar-refractivity contribution < 1.29 is 4.74 Å². The Bertz CT molecular complexity index is 376. The molecule has 0 radical (unpaired) electrons. The molecule has 0 aliphatic carbocycles. The fourth-order valence-electron chi connectivity index (χ4n) is 2.38. The Balaban J connectivity index is 2.21. The number of hydrogen-bond donors (Lipinski definition) is 0. The number of hydrogen-bond acceptors (Lipinski definition) is 3. The molecule has 1 aliphatic heterocycles. The summed E-state index contributed by atoms with van der Waals surface area (Å²) in [5, 5.41) is 0. The number of ether oxygens (including phenoxy) is 1. The van der Waals surface area contributed by atoms with E-state index in [1.165, 1.54) is 5.69 Å². The van der Waals surface area contributed by atoms with Gasteiger partial charge < -0.3 is 9.64 Å². The number of nitrogens with zero attached hydrogens (tertiary/aromatic N) is 2. The van der Waals surface area contributed by atoms with Crippen LogP contribution in [0.4, 0.5) is 5.69 Å². The van der Waals surface area contributed by atoms with E-state index in [2.05, 4.69) is 42.8 Å². The van der Waals surface area contributed by atoms with Crippen LogP contribution in [-0.4, -0.2) is 29.8 Å². The summed E-state index contributed by atoms with van der Waals surface area (Å²) in [6.45, 7) is 10.3. The van der Waals surface area contributed by atoms with Gasteiger partial charge in [0.2, 0.25) is 0 Å². The summed E-state index contributed by atoms with van der Waals surface area (Å²) >= 11 is 0. The quantitative estimate of drug-likeness (QED) is 0.726. The predicted molar refractivity (Wildman–Crippen MR) is 65.8 cm³/mol. The monoisotopic (exact) mass is 220 g/mol. The molecule has 1 saturated heterocycles. The van der Waals surface area contributed by atoms with E-state index in [9.17, 15) is 0 Å². The van der Waals surface area contributed by atoms with Crippen molar-refractivity contribution in [1.82, 2.24) is 4.98 Å². The minimum atomic E-state index is -0.0746. The summed E-state index contributed by atoms with van der Waals surface area (Å²) in [7, 11) is 0. The molecular weight excluding hydrogens is 200 g/mol. The SMILES string of the molecule is Cc1cc(N2CC(C)OC(C)(C)C2)ccn1. The molecule has 0 amide bonds. The number of aryl methyl sites for hydroxylation is 1. The van der Waals surface area contributed by atoms with Crippen LogP contribution in [0.25, 0.3) is 0 Å². The molecule has 0 aromatic carbocycles. The summed E-state index contributed by atoms with van der Waals surface area (Å²) in [5.41, 5.74) is 2.24. The second-order valence-electron chi connectivity index (χ2n) is 5.22. The Morgan fingerprint density at radius 2 is 2.25 bits per heavy atom. The van der Waals surface area contributed by atoms with Gasteiger partial charge in [0.1, 0.15) is 0 Å². The molecule has 1 aromatic heterocycles.